The normalized spacial score (nSPS) is 20.9. The summed E-state index contributed by atoms with van der Waals surface area (Å²) in [6, 6.07) is 6.75. The van der Waals surface area contributed by atoms with Gasteiger partial charge >= 0.3 is 0 Å². The summed E-state index contributed by atoms with van der Waals surface area (Å²) in [5.41, 5.74) is 0.676. The van der Waals surface area contributed by atoms with E-state index in [4.69, 9.17) is 0 Å². The van der Waals surface area contributed by atoms with Crippen molar-refractivity contribution in [1.29, 1.82) is 0 Å². The molecule has 1 heterocycles. The average molecular weight is 303 g/mol. The minimum atomic E-state index is -3.60. The number of nitrogens with zero attached hydrogens (tertiary/aromatic N) is 1. The van der Waals surface area contributed by atoms with Gasteiger partial charge in [0.2, 0.25) is 10.0 Å². The predicted molar refractivity (Wildman–Crippen MR) is 73.2 cm³/mol. The summed E-state index contributed by atoms with van der Waals surface area (Å²) in [6.07, 6.45) is 0.355. The molecule has 0 N–H and O–H groups in total. The van der Waals surface area contributed by atoms with E-state index in [1.165, 1.54) is 4.31 Å². The van der Waals surface area contributed by atoms with Crippen LogP contribution in [0.3, 0.4) is 0 Å². The molecule has 1 fully saturated rings. The number of aryl methyl sites for hydroxylation is 1. The van der Waals surface area contributed by atoms with E-state index < -0.39 is 19.9 Å². The second kappa shape index (κ2) is 5.22. The van der Waals surface area contributed by atoms with Gasteiger partial charge in [0.15, 0.2) is 9.84 Å². The van der Waals surface area contributed by atoms with E-state index in [2.05, 4.69) is 0 Å². The Hall–Kier alpha value is -0.920. The minimum absolute atomic E-state index is 0.0407. The molecule has 0 aromatic heterocycles. The highest BCUT2D eigenvalue weighted by molar-refractivity contribution is 7.91. The van der Waals surface area contributed by atoms with E-state index in [0.29, 0.717) is 12.0 Å². The molecule has 0 aliphatic carbocycles. The fraction of sp³-hybridized carbons (Fsp3) is 0.500. The number of hydrogen-bond donors (Lipinski definition) is 0. The molecule has 106 valence electrons. The van der Waals surface area contributed by atoms with Gasteiger partial charge in [0.05, 0.1) is 16.4 Å². The van der Waals surface area contributed by atoms with Gasteiger partial charge < -0.3 is 0 Å². The Bertz CT molecular complexity index is 665. The summed E-state index contributed by atoms with van der Waals surface area (Å²) in [5.74, 6) is -0.0368. The van der Waals surface area contributed by atoms with Crippen LogP contribution in [-0.4, -0.2) is 45.7 Å². The minimum Gasteiger partial charge on any atom is -0.229 e. The summed E-state index contributed by atoms with van der Waals surface area (Å²) >= 11 is 0. The third kappa shape index (κ3) is 3.16. The van der Waals surface area contributed by atoms with E-state index in [9.17, 15) is 16.8 Å². The van der Waals surface area contributed by atoms with Crippen molar-refractivity contribution in [3.8, 4) is 0 Å². The number of sulfone groups is 1. The Morgan fingerprint density at radius 3 is 2.47 bits per heavy atom. The number of sulfonamides is 1. The second-order valence-electron chi connectivity index (χ2n) is 4.67. The molecule has 0 radical (unpaired) electrons. The maximum Gasteiger partial charge on any atom is 0.243 e. The molecule has 0 atom stereocenters. The van der Waals surface area contributed by atoms with E-state index in [1.807, 2.05) is 0 Å². The third-order valence-corrected chi connectivity index (χ3v) is 7.00. The highest BCUT2D eigenvalue weighted by Gasteiger charge is 2.29. The Balaban J connectivity index is 2.33. The lowest BCUT2D eigenvalue weighted by atomic mass is 10.2. The fourth-order valence-corrected chi connectivity index (χ4v) is 5.23. The average Bonchev–Trinajstić information content (AvgIpc) is 2.51. The molecule has 0 amide bonds. The van der Waals surface area contributed by atoms with E-state index in [1.54, 1.807) is 31.2 Å². The fourth-order valence-electron chi connectivity index (χ4n) is 2.14. The largest absolute Gasteiger partial charge is 0.243 e. The van der Waals surface area contributed by atoms with Crippen molar-refractivity contribution >= 4 is 19.9 Å². The molecule has 1 aromatic carbocycles. The predicted octanol–water partition coefficient (Wildman–Crippen LogP) is 0.804. The standard InChI is InChI=1S/C12H17NO4S2/c1-11-5-2-3-6-12(11)19(16,17)13-7-4-9-18(14,15)10-8-13/h2-3,5-6H,4,7-10H2,1H3. The van der Waals surface area contributed by atoms with Crippen LogP contribution in [0.2, 0.25) is 0 Å². The molecule has 0 unspecified atom stereocenters. The van der Waals surface area contributed by atoms with Crippen LogP contribution in [0.5, 0.6) is 0 Å². The van der Waals surface area contributed by atoms with Crippen LogP contribution in [0.15, 0.2) is 29.2 Å². The van der Waals surface area contributed by atoms with Crippen LogP contribution >= 0.6 is 0 Å². The van der Waals surface area contributed by atoms with Gasteiger partial charge in [0.1, 0.15) is 0 Å². The molecule has 0 bridgehead atoms. The molecular weight excluding hydrogens is 286 g/mol. The Morgan fingerprint density at radius 1 is 1.11 bits per heavy atom. The number of rotatable bonds is 2. The molecule has 7 heteroatoms. The molecule has 0 saturated carbocycles. The van der Waals surface area contributed by atoms with E-state index in [-0.39, 0.29) is 29.5 Å². The van der Waals surface area contributed by atoms with Gasteiger partial charge in [0.25, 0.3) is 0 Å². The van der Waals surface area contributed by atoms with Crippen LogP contribution in [0, 0.1) is 6.92 Å². The third-order valence-electron chi connectivity index (χ3n) is 3.23. The molecule has 0 spiro atoms. The SMILES string of the molecule is Cc1ccccc1S(=O)(=O)N1CCCS(=O)(=O)CC1. The summed E-state index contributed by atoms with van der Waals surface area (Å²) in [5, 5.41) is 0. The lowest BCUT2D eigenvalue weighted by Gasteiger charge is -2.20. The molecule has 1 aliphatic heterocycles. The van der Waals surface area contributed by atoms with Gasteiger partial charge in [-0.05, 0) is 25.0 Å². The highest BCUT2D eigenvalue weighted by atomic mass is 32.2. The van der Waals surface area contributed by atoms with Crippen LogP contribution in [0.1, 0.15) is 12.0 Å². The van der Waals surface area contributed by atoms with Gasteiger partial charge in [-0.25, -0.2) is 16.8 Å². The van der Waals surface area contributed by atoms with Gasteiger partial charge in [-0.3, -0.25) is 0 Å². The molecule has 2 rings (SSSR count). The van der Waals surface area contributed by atoms with Crippen LogP contribution < -0.4 is 0 Å². The van der Waals surface area contributed by atoms with Crippen LogP contribution in [0.25, 0.3) is 0 Å². The maximum absolute atomic E-state index is 12.5. The van der Waals surface area contributed by atoms with Crippen molar-refractivity contribution in [2.75, 3.05) is 24.6 Å². The Kier molecular flexibility index (Phi) is 3.98. The lowest BCUT2D eigenvalue weighted by Crippen LogP contribution is -2.34. The summed E-state index contributed by atoms with van der Waals surface area (Å²) in [7, 11) is -6.71. The first-order valence-corrected chi connectivity index (χ1v) is 9.35. The lowest BCUT2D eigenvalue weighted by molar-refractivity contribution is 0.434. The molecule has 1 saturated heterocycles. The zero-order chi connectivity index (χ0) is 14.1. The summed E-state index contributed by atoms with van der Waals surface area (Å²) in [4.78, 5) is 0.259. The van der Waals surface area contributed by atoms with Gasteiger partial charge in [-0.15, -0.1) is 0 Å². The van der Waals surface area contributed by atoms with Crippen LogP contribution in [0.4, 0.5) is 0 Å². The smallest absolute Gasteiger partial charge is 0.229 e. The first-order chi connectivity index (χ1) is 8.83. The van der Waals surface area contributed by atoms with Gasteiger partial charge in [-0.2, -0.15) is 4.31 Å². The number of hydrogen-bond acceptors (Lipinski definition) is 4. The topological polar surface area (TPSA) is 71.5 Å². The zero-order valence-corrected chi connectivity index (χ0v) is 12.4. The van der Waals surface area contributed by atoms with Crippen LogP contribution in [-0.2, 0) is 19.9 Å². The van der Waals surface area contributed by atoms with E-state index in [0.717, 1.165) is 0 Å². The summed E-state index contributed by atoms with van der Waals surface area (Å²) in [6.45, 7) is 2.04. The molecule has 5 nitrogen and oxygen atoms in total. The Labute approximate surface area is 114 Å². The molecule has 19 heavy (non-hydrogen) atoms. The monoisotopic (exact) mass is 303 g/mol. The van der Waals surface area contributed by atoms with Crippen molar-refractivity contribution in [3.63, 3.8) is 0 Å². The zero-order valence-electron chi connectivity index (χ0n) is 10.7. The van der Waals surface area contributed by atoms with Crippen molar-refractivity contribution in [2.24, 2.45) is 0 Å². The summed E-state index contributed by atoms with van der Waals surface area (Å²) < 4.78 is 49.3. The van der Waals surface area contributed by atoms with Crippen molar-refractivity contribution in [3.05, 3.63) is 29.8 Å². The van der Waals surface area contributed by atoms with Crippen molar-refractivity contribution in [1.82, 2.24) is 4.31 Å². The first kappa shape index (κ1) is 14.5. The van der Waals surface area contributed by atoms with Gasteiger partial charge in [0, 0.05) is 13.1 Å². The maximum atomic E-state index is 12.5. The quantitative estimate of drug-likeness (QED) is 0.810. The number of benzene rings is 1. The van der Waals surface area contributed by atoms with Crippen molar-refractivity contribution < 1.29 is 16.8 Å². The van der Waals surface area contributed by atoms with Crippen molar-refractivity contribution in [2.45, 2.75) is 18.2 Å². The second-order valence-corrected chi connectivity index (χ2v) is 8.88. The molecular formula is C12H17NO4S2. The highest BCUT2D eigenvalue weighted by Crippen LogP contribution is 2.21. The van der Waals surface area contributed by atoms with E-state index >= 15 is 0 Å². The molecule has 1 aromatic rings. The first-order valence-electron chi connectivity index (χ1n) is 6.09. The molecule has 1 aliphatic rings. The van der Waals surface area contributed by atoms with Gasteiger partial charge in [-0.1, -0.05) is 18.2 Å². The Morgan fingerprint density at radius 2 is 1.79 bits per heavy atom.